The summed E-state index contributed by atoms with van der Waals surface area (Å²) in [5.74, 6) is 0.588. The van der Waals surface area contributed by atoms with Crippen molar-refractivity contribution < 1.29 is 0 Å². The second-order valence-corrected chi connectivity index (χ2v) is 7.70. The Morgan fingerprint density at radius 2 is 1.80 bits per heavy atom. The number of fused-ring (bicyclic) bond motifs is 1. The number of benzene rings is 1. The van der Waals surface area contributed by atoms with Crippen molar-refractivity contribution >= 4 is 53.4 Å². The highest BCUT2D eigenvalue weighted by atomic mass is 35.5. The van der Waals surface area contributed by atoms with Crippen LogP contribution in [-0.4, -0.2) is 38.0 Å². The van der Waals surface area contributed by atoms with Gasteiger partial charge < -0.3 is 15.2 Å². The number of piperidine rings is 1. The molecule has 0 amide bonds. The first kappa shape index (κ1) is 24.3. The molecule has 30 heavy (non-hydrogen) atoms. The predicted octanol–water partition coefficient (Wildman–Crippen LogP) is 1.91. The molecular weight excluding hydrogens is 451 g/mol. The van der Waals surface area contributed by atoms with E-state index >= 15 is 0 Å². The standard InChI is InChI=1S/C19H23ClN6O2.2ClH/c1-23-17(27)15-16(18(28)24(23)2)26(10-12-6-3-4-8-14(12)20)19(22-15)25-9-5-7-13(21)11-25;;/h3-4,6,8,13H,5,7,9-11,21H2,1-2H3;2*1H/t13-;;/m0../s1. The fourth-order valence-corrected chi connectivity index (χ4v) is 3.96. The number of hydrogen-bond acceptors (Lipinski definition) is 5. The van der Waals surface area contributed by atoms with Crippen LogP contribution in [0.5, 0.6) is 0 Å². The van der Waals surface area contributed by atoms with E-state index in [1.165, 1.54) is 9.36 Å². The van der Waals surface area contributed by atoms with Gasteiger partial charge in [0.05, 0.1) is 6.54 Å². The summed E-state index contributed by atoms with van der Waals surface area (Å²) in [6, 6.07) is 7.51. The zero-order valence-electron chi connectivity index (χ0n) is 16.7. The van der Waals surface area contributed by atoms with E-state index in [9.17, 15) is 9.59 Å². The first-order valence-electron chi connectivity index (χ1n) is 9.29. The molecule has 0 bridgehead atoms. The van der Waals surface area contributed by atoms with E-state index in [4.69, 9.17) is 17.3 Å². The van der Waals surface area contributed by atoms with Crippen LogP contribution in [0.15, 0.2) is 33.9 Å². The summed E-state index contributed by atoms with van der Waals surface area (Å²) in [6.07, 6.45) is 1.89. The fraction of sp³-hybridized carbons (Fsp3) is 0.421. The number of nitrogens with zero attached hydrogens (tertiary/aromatic N) is 5. The molecule has 1 aliphatic rings. The SMILES string of the molecule is Cl.Cl.Cn1c(=O)c2nc(N3CCC[C@H](N)C3)n(Cc3ccccc3Cl)c2c(=O)n1C. The fourth-order valence-electron chi connectivity index (χ4n) is 3.77. The van der Waals surface area contributed by atoms with Gasteiger partial charge in [-0.15, -0.1) is 24.8 Å². The molecule has 1 saturated heterocycles. The Morgan fingerprint density at radius 1 is 1.13 bits per heavy atom. The summed E-state index contributed by atoms with van der Waals surface area (Å²) in [6.45, 7) is 1.76. The molecule has 0 aliphatic carbocycles. The van der Waals surface area contributed by atoms with Gasteiger partial charge in [0, 0.05) is 38.2 Å². The maximum atomic E-state index is 13.0. The zero-order valence-corrected chi connectivity index (χ0v) is 19.1. The largest absolute Gasteiger partial charge is 0.341 e. The number of anilines is 1. The van der Waals surface area contributed by atoms with Gasteiger partial charge in [0.25, 0.3) is 11.1 Å². The van der Waals surface area contributed by atoms with Crippen molar-refractivity contribution in [2.24, 2.45) is 19.8 Å². The Bertz CT molecular complexity index is 1170. The van der Waals surface area contributed by atoms with Gasteiger partial charge in [-0.3, -0.25) is 9.59 Å². The summed E-state index contributed by atoms with van der Waals surface area (Å²) >= 11 is 6.36. The van der Waals surface area contributed by atoms with Crippen molar-refractivity contribution in [3.63, 3.8) is 0 Å². The summed E-state index contributed by atoms with van der Waals surface area (Å²) in [5.41, 5.74) is 6.90. The van der Waals surface area contributed by atoms with Gasteiger partial charge in [-0.25, -0.2) is 14.3 Å². The lowest BCUT2D eigenvalue weighted by molar-refractivity contribution is 0.495. The molecule has 0 spiro atoms. The van der Waals surface area contributed by atoms with Crippen LogP contribution in [-0.2, 0) is 20.6 Å². The number of halogens is 3. The minimum absolute atomic E-state index is 0. The molecule has 1 aromatic carbocycles. The Hall–Kier alpha value is -2.00. The van der Waals surface area contributed by atoms with Gasteiger partial charge in [0.15, 0.2) is 5.52 Å². The van der Waals surface area contributed by atoms with Crippen LogP contribution in [0.3, 0.4) is 0 Å². The average Bonchev–Trinajstić information content (AvgIpc) is 3.06. The van der Waals surface area contributed by atoms with Gasteiger partial charge in [0.2, 0.25) is 5.95 Å². The summed E-state index contributed by atoms with van der Waals surface area (Å²) in [7, 11) is 3.14. The van der Waals surface area contributed by atoms with Crippen molar-refractivity contribution in [1.82, 2.24) is 18.9 Å². The molecule has 3 heterocycles. The minimum Gasteiger partial charge on any atom is -0.341 e. The topological polar surface area (TPSA) is 91.1 Å². The summed E-state index contributed by atoms with van der Waals surface area (Å²) < 4.78 is 4.39. The third-order valence-electron chi connectivity index (χ3n) is 5.42. The lowest BCUT2D eigenvalue weighted by Crippen LogP contribution is -2.44. The molecule has 2 aromatic heterocycles. The second-order valence-electron chi connectivity index (χ2n) is 7.29. The quantitative estimate of drug-likeness (QED) is 0.625. The van der Waals surface area contributed by atoms with E-state index in [0.717, 1.165) is 24.9 Å². The highest BCUT2D eigenvalue weighted by molar-refractivity contribution is 6.31. The molecule has 4 rings (SSSR count). The third-order valence-corrected chi connectivity index (χ3v) is 5.79. The molecule has 1 atom stereocenters. The van der Waals surface area contributed by atoms with Crippen molar-refractivity contribution in [2.45, 2.75) is 25.4 Å². The molecule has 11 heteroatoms. The van der Waals surface area contributed by atoms with Gasteiger partial charge in [0.1, 0.15) is 5.52 Å². The van der Waals surface area contributed by atoms with Crippen LogP contribution < -0.4 is 21.8 Å². The maximum absolute atomic E-state index is 13.0. The van der Waals surface area contributed by atoms with Crippen molar-refractivity contribution in [1.29, 1.82) is 0 Å². The summed E-state index contributed by atoms with van der Waals surface area (Å²) in [4.78, 5) is 32.5. The average molecular weight is 476 g/mol. The molecular formula is C19H25Cl3N6O2. The van der Waals surface area contributed by atoms with Gasteiger partial charge >= 0.3 is 0 Å². The van der Waals surface area contributed by atoms with Crippen molar-refractivity contribution in [3.05, 3.63) is 55.6 Å². The van der Waals surface area contributed by atoms with E-state index < -0.39 is 0 Å². The Kier molecular flexibility index (Phi) is 7.63. The van der Waals surface area contributed by atoms with Crippen LogP contribution in [0.25, 0.3) is 11.0 Å². The van der Waals surface area contributed by atoms with Crippen LogP contribution >= 0.6 is 36.4 Å². The number of imidazole rings is 1. The van der Waals surface area contributed by atoms with E-state index in [-0.39, 0.29) is 47.5 Å². The van der Waals surface area contributed by atoms with Gasteiger partial charge in [-0.2, -0.15) is 0 Å². The second kappa shape index (κ2) is 9.43. The minimum atomic E-state index is -0.308. The Morgan fingerprint density at radius 3 is 2.47 bits per heavy atom. The molecule has 164 valence electrons. The lowest BCUT2D eigenvalue weighted by atomic mass is 10.1. The molecule has 1 aliphatic heterocycles. The number of nitrogens with two attached hydrogens (primary N) is 1. The van der Waals surface area contributed by atoms with E-state index in [0.29, 0.717) is 29.6 Å². The smallest absolute Gasteiger partial charge is 0.293 e. The Labute approximate surface area is 191 Å². The monoisotopic (exact) mass is 474 g/mol. The van der Waals surface area contributed by atoms with Crippen LogP contribution in [0.2, 0.25) is 5.02 Å². The van der Waals surface area contributed by atoms with Gasteiger partial charge in [-0.1, -0.05) is 29.8 Å². The molecule has 0 radical (unpaired) electrons. The van der Waals surface area contributed by atoms with E-state index in [1.54, 1.807) is 18.7 Å². The third kappa shape index (κ3) is 4.09. The lowest BCUT2D eigenvalue weighted by Gasteiger charge is -2.32. The number of rotatable bonds is 3. The molecule has 0 unspecified atom stereocenters. The summed E-state index contributed by atoms with van der Waals surface area (Å²) in [5, 5.41) is 0.603. The first-order chi connectivity index (χ1) is 13.4. The van der Waals surface area contributed by atoms with Crippen molar-refractivity contribution in [2.75, 3.05) is 18.0 Å². The first-order valence-corrected chi connectivity index (χ1v) is 9.66. The van der Waals surface area contributed by atoms with Crippen LogP contribution in [0, 0.1) is 0 Å². The molecule has 0 saturated carbocycles. The predicted molar refractivity (Wildman–Crippen MR) is 125 cm³/mol. The van der Waals surface area contributed by atoms with Crippen LogP contribution in [0.4, 0.5) is 5.95 Å². The highest BCUT2D eigenvalue weighted by Gasteiger charge is 2.26. The molecule has 1 fully saturated rings. The van der Waals surface area contributed by atoms with E-state index in [2.05, 4.69) is 9.88 Å². The molecule has 3 aromatic rings. The molecule has 8 nitrogen and oxygen atoms in total. The highest BCUT2D eigenvalue weighted by Crippen LogP contribution is 2.25. The van der Waals surface area contributed by atoms with Crippen molar-refractivity contribution in [3.8, 4) is 0 Å². The van der Waals surface area contributed by atoms with Crippen LogP contribution in [0.1, 0.15) is 18.4 Å². The molecule has 2 N–H and O–H groups in total. The zero-order chi connectivity index (χ0) is 20.0. The van der Waals surface area contributed by atoms with E-state index in [1.807, 2.05) is 24.3 Å². The normalized spacial score (nSPS) is 16.3. The maximum Gasteiger partial charge on any atom is 0.293 e. The van der Waals surface area contributed by atoms with Gasteiger partial charge in [-0.05, 0) is 24.5 Å². The Balaban J connectivity index is 0.00000160. The number of aromatic nitrogens is 4. The number of hydrogen-bond donors (Lipinski definition) is 1.